The molecule has 5 nitrogen and oxygen atoms in total. The highest BCUT2D eigenvalue weighted by atomic mass is 16.6. The second-order valence-corrected chi connectivity index (χ2v) is 6.16. The summed E-state index contributed by atoms with van der Waals surface area (Å²) < 4.78 is 10.5. The zero-order valence-corrected chi connectivity index (χ0v) is 15.4. The first kappa shape index (κ1) is 19.4. The maximum atomic E-state index is 12.4. The smallest absolute Gasteiger partial charge is 0.344 e. The molecule has 26 heavy (non-hydrogen) atoms. The molecule has 0 bridgehead atoms. The van der Waals surface area contributed by atoms with Crippen molar-refractivity contribution in [3.05, 3.63) is 64.7 Å². The van der Waals surface area contributed by atoms with Gasteiger partial charge in [0.25, 0.3) is 0 Å². The van der Waals surface area contributed by atoms with E-state index in [4.69, 9.17) is 9.47 Å². The summed E-state index contributed by atoms with van der Waals surface area (Å²) in [6, 6.07) is 11.8. The fourth-order valence-electron chi connectivity index (χ4n) is 2.34. The fourth-order valence-corrected chi connectivity index (χ4v) is 2.34. The van der Waals surface area contributed by atoms with Gasteiger partial charge in [0.2, 0.25) is 5.78 Å². The molecule has 2 rings (SSSR count). The van der Waals surface area contributed by atoms with Crippen LogP contribution in [0.15, 0.2) is 42.5 Å². The van der Waals surface area contributed by atoms with Crippen molar-refractivity contribution in [2.45, 2.75) is 33.8 Å². The van der Waals surface area contributed by atoms with Crippen LogP contribution in [0, 0.1) is 13.8 Å². The molecule has 0 fully saturated rings. The molecule has 2 aromatic rings. The highest BCUT2D eigenvalue weighted by Crippen LogP contribution is 2.14. The molecule has 0 aliphatic carbocycles. The van der Waals surface area contributed by atoms with Gasteiger partial charge in [-0.2, -0.15) is 0 Å². The standard InChI is InChI=1S/C21H22O5/c1-13-5-6-18(11-14(13)2)21(24)16(4)26-20(23)12-25-19-9-7-17(8-10-19)15(3)22/h5-11,16H,12H2,1-4H3. The quantitative estimate of drug-likeness (QED) is 0.560. The average Bonchev–Trinajstić information content (AvgIpc) is 2.62. The largest absolute Gasteiger partial charge is 0.482 e. The number of ketones is 2. The maximum Gasteiger partial charge on any atom is 0.344 e. The summed E-state index contributed by atoms with van der Waals surface area (Å²) in [7, 11) is 0. The predicted molar refractivity (Wildman–Crippen MR) is 97.7 cm³/mol. The van der Waals surface area contributed by atoms with E-state index in [1.54, 1.807) is 36.4 Å². The molecule has 0 saturated carbocycles. The van der Waals surface area contributed by atoms with Gasteiger partial charge in [-0.15, -0.1) is 0 Å². The predicted octanol–water partition coefficient (Wildman–Crippen LogP) is 3.70. The Morgan fingerprint density at radius 1 is 0.923 bits per heavy atom. The van der Waals surface area contributed by atoms with Gasteiger partial charge in [0, 0.05) is 11.1 Å². The minimum absolute atomic E-state index is 0.0466. The molecule has 0 spiro atoms. The summed E-state index contributed by atoms with van der Waals surface area (Å²) in [6.45, 7) is 6.59. The lowest BCUT2D eigenvalue weighted by Crippen LogP contribution is -2.27. The molecule has 0 amide bonds. The summed E-state index contributed by atoms with van der Waals surface area (Å²) in [5.41, 5.74) is 3.17. The molecule has 0 heterocycles. The zero-order valence-electron chi connectivity index (χ0n) is 15.4. The summed E-state index contributed by atoms with van der Waals surface area (Å²) in [4.78, 5) is 35.5. The van der Waals surface area contributed by atoms with Gasteiger partial charge >= 0.3 is 5.97 Å². The third kappa shape index (κ3) is 5.02. The Labute approximate surface area is 152 Å². The van der Waals surface area contributed by atoms with Crippen molar-refractivity contribution in [3.63, 3.8) is 0 Å². The third-order valence-electron chi connectivity index (χ3n) is 4.09. The van der Waals surface area contributed by atoms with Crippen molar-refractivity contribution in [2.75, 3.05) is 6.61 Å². The molecule has 0 aliphatic rings. The van der Waals surface area contributed by atoms with E-state index in [2.05, 4.69) is 0 Å². The average molecular weight is 354 g/mol. The number of carbonyl (C=O) groups is 3. The molecule has 0 aliphatic heterocycles. The van der Waals surface area contributed by atoms with Crippen LogP contribution in [0.2, 0.25) is 0 Å². The zero-order chi connectivity index (χ0) is 19.3. The molecular weight excluding hydrogens is 332 g/mol. The van der Waals surface area contributed by atoms with E-state index in [-0.39, 0.29) is 18.2 Å². The van der Waals surface area contributed by atoms with E-state index in [0.29, 0.717) is 16.9 Å². The molecule has 2 aromatic carbocycles. The number of rotatable bonds is 7. The molecular formula is C21H22O5. The number of ether oxygens (including phenoxy) is 2. The summed E-state index contributed by atoms with van der Waals surface area (Å²) in [5.74, 6) is -0.493. The van der Waals surface area contributed by atoms with Crippen molar-refractivity contribution in [1.29, 1.82) is 0 Å². The van der Waals surface area contributed by atoms with Gasteiger partial charge in [0.1, 0.15) is 5.75 Å². The molecule has 136 valence electrons. The van der Waals surface area contributed by atoms with E-state index >= 15 is 0 Å². The van der Waals surface area contributed by atoms with Gasteiger partial charge in [-0.25, -0.2) is 4.79 Å². The van der Waals surface area contributed by atoms with Crippen LogP contribution in [-0.4, -0.2) is 30.2 Å². The summed E-state index contributed by atoms with van der Waals surface area (Å²) >= 11 is 0. The van der Waals surface area contributed by atoms with Crippen LogP contribution < -0.4 is 4.74 Å². The van der Waals surface area contributed by atoms with Gasteiger partial charge < -0.3 is 9.47 Å². The monoisotopic (exact) mass is 354 g/mol. The van der Waals surface area contributed by atoms with Gasteiger partial charge in [-0.3, -0.25) is 9.59 Å². The molecule has 0 N–H and O–H groups in total. The van der Waals surface area contributed by atoms with Crippen LogP contribution in [0.3, 0.4) is 0 Å². The molecule has 1 atom stereocenters. The Bertz CT molecular complexity index is 821. The Balaban J connectivity index is 1.89. The number of esters is 1. The number of carbonyl (C=O) groups excluding carboxylic acids is 3. The van der Waals surface area contributed by atoms with Crippen LogP contribution in [-0.2, 0) is 9.53 Å². The van der Waals surface area contributed by atoms with E-state index in [9.17, 15) is 14.4 Å². The molecule has 1 unspecified atom stereocenters. The SMILES string of the molecule is CC(=O)c1ccc(OCC(=O)OC(C)C(=O)c2ccc(C)c(C)c2)cc1. The third-order valence-corrected chi connectivity index (χ3v) is 4.09. The van der Waals surface area contributed by atoms with E-state index in [1.165, 1.54) is 13.8 Å². The fraction of sp³-hybridized carbons (Fsp3) is 0.286. The van der Waals surface area contributed by atoms with Crippen molar-refractivity contribution in [2.24, 2.45) is 0 Å². The summed E-state index contributed by atoms with van der Waals surface area (Å²) in [5, 5.41) is 0. The first-order chi connectivity index (χ1) is 12.3. The van der Waals surface area contributed by atoms with Crippen LogP contribution in [0.4, 0.5) is 0 Å². The lowest BCUT2D eigenvalue weighted by Gasteiger charge is -2.13. The summed E-state index contributed by atoms with van der Waals surface area (Å²) in [6.07, 6.45) is -0.895. The van der Waals surface area contributed by atoms with Gasteiger partial charge in [0.15, 0.2) is 18.5 Å². The van der Waals surface area contributed by atoms with Crippen LogP contribution in [0.25, 0.3) is 0 Å². The minimum Gasteiger partial charge on any atom is -0.482 e. The first-order valence-corrected chi connectivity index (χ1v) is 8.32. The Kier molecular flexibility index (Phi) is 6.28. The number of Topliss-reactive ketones (excluding diaryl/α,β-unsaturated/α-hetero) is 2. The lowest BCUT2D eigenvalue weighted by molar-refractivity contribution is -0.148. The van der Waals surface area contributed by atoms with Gasteiger partial charge in [-0.1, -0.05) is 12.1 Å². The topological polar surface area (TPSA) is 69.7 Å². The second kappa shape index (κ2) is 8.43. The molecule has 0 aromatic heterocycles. The van der Waals surface area contributed by atoms with Gasteiger partial charge in [0.05, 0.1) is 0 Å². The molecule has 0 saturated heterocycles. The Hall–Kier alpha value is -2.95. The second-order valence-electron chi connectivity index (χ2n) is 6.16. The number of aryl methyl sites for hydroxylation is 2. The highest BCUT2D eigenvalue weighted by molar-refractivity contribution is 6.00. The van der Waals surface area contributed by atoms with E-state index < -0.39 is 12.1 Å². The van der Waals surface area contributed by atoms with Crippen molar-refractivity contribution in [1.82, 2.24) is 0 Å². The molecule has 5 heteroatoms. The minimum atomic E-state index is -0.895. The van der Waals surface area contributed by atoms with Crippen molar-refractivity contribution >= 4 is 17.5 Å². The maximum absolute atomic E-state index is 12.4. The highest BCUT2D eigenvalue weighted by Gasteiger charge is 2.20. The lowest BCUT2D eigenvalue weighted by atomic mass is 10.0. The number of benzene rings is 2. The van der Waals surface area contributed by atoms with Crippen molar-refractivity contribution < 1.29 is 23.9 Å². The molecule has 0 radical (unpaired) electrons. The first-order valence-electron chi connectivity index (χ1n) is 8.32. The van der Waals surface area contributed by atoms with Crippen LogP contribution in [0.1, 0.15) is 45.7 Å². The number of hydrogen-bond donors (Lipinski definition) is 0. The van der Waals surface area contributed by atoms with Crippen LogP contribution in [0.5, 0.6) is 5.75 Å². The van der Waals surface area contributed by atoms with Crippen LogP contribution >= 0.6 is 0 Å². The van der Waals surface area contributed by atoms with Crippen molar-refractivity contribution in [3.8, 4) is 5.75 Å². The van der Waals surface area contributed by atoms with E-state index in [1.807, 2.05) is 19.9 Å². The van der Waals surface area contributed by atoms with E-state index in [0.717, 1.165) is 11.1 Å². The Morgan fingerprint density at radius 2 is 1.54 bits per heavy atom. The number of hydrogen-bond acceptors (Lipinski definition) is 5. The Morgan fingerprint density at radius 3 is 2.12 bits per heavy atom. The normalized spacial score (nSPS) is 11.5. The van der Waals surface area contributed by atoms with Gasteiger partial charge in [-0.05, 0) is 69.2 Å².